The molecule has 0 fully saturated rings. The molecule has 0 aromatic heterocycles. The Labute approximate surface area is 197 Å². The van der Waals surface area contributed by atoms with Gasteiger partial charge in [-0.25, -0.2) is 9.82 Å². The van der Waals surface area contributed by atoms with Crippen LogP contribution in [0.15, 0.2) is 71.8 Å². The summed E-state index contributed by atoms with van der Waals surface area (Å²) in [6, 6.07) is 14.5. The molecule has 182 valence electrons. The molecule has 3 rings (SSSR count). The highest BCUT2D eigenvalue weighted by Gasteiger charge is 2.30. The van der Waals surface area contributed by atoms with Gasteiger partial charge in [-0.05, 0) is 59.7 Å². The third-order valence-electron chi connectivity index (χ3n) is 4.53. The third-order valence-corrected chi connectivity index (χ3v) is 4.53. The van der Waals surface area contributed by atoms with E-state index >= 15 is 0 Å². The molecule has 0 bridgehead atoms. The Kier molecular flexibility index (Phi) is 8.03. The molecule has 0 saturated carbocycles. The number of amides is 2. The third kappa shape index (κ3) is 7.29. The zero-order valence-corrected chi connectivity index (χ0v) is 18.2. The molecule has 0 aliphatic rings. The van der Waals surface area contributed by atoms with Gasteiger partial charge < -0.3 is 14.8 Å². The Hall–Kier alpha value is -4.41. The molecule has 0 spiro atoms. The quantitative estimate of drug-likeness (QED) is 0.221. The first-order valence-corrected chi connectivity index (χ1v) is 10.0. The van der Waals surface area contributed by atoms with E-state index in [2.05, 4.69) is 10.4 Å². The van der Waals surface area contributed by atoms with E-state index in [9.17, 15) is 27.2 Å². The molecule has 0 heterocycles. The van der Waals surface area contributed by atoms with Crippen molar-refractivity contribution >= 4 is 23.7 Å². The summed E-state index contributed by atoms with van der Waals surface area (Å²) in [6.45, 7) is 0.182. The Bertz CT molecular complexity index is 1230. The molecule has 35 heavy (non-hydrogen) atoms. The maximum atomic E-state index is 13.0. The molecule has 2 N–H and O–H groups in total. The summed E-state index contributed by atoms with van der Waals surface area (Å²) in [6.07, 6.45) is -3.35. The normalized spacial score (nSPS) is 11.2. The molecule has 0 unspecified atom stereocenters. The molecule has 3 aromatic rings. The van der Waals surface area contributed by atoms with Gasteiger partial charge in [-0.15, -0.1) is 0 Å². The van der Waals surface area contributed by atoms with Gasteiger partial charge in [-0.1, -0.05) is 18.2 Å². The maximum Gasteiger partial charge on any atom is 0.416 e. The van der Waals surface area contributed by atoms with Crippen LogP contribution in [0, 0.1) is 5.82 Å². The number of hydrogen-bond donors (Lipinski definition) is 2. The Morgan fingerprint density at radius 1 is 0.971 bits per heavy atom. The first kappa shape index (κ1) is 25.2. The molecular formula is C24H19F4N3O4. The lowest BCUT2D eigenvalue weighted by Gasteiger charge is -2.11. The number of nitrogens with zero attached hydrogens (tertiary/aromatic N) is 1. The second kappa shape index (κ2) is 11.1. The number of rotatable bonds is 7. The van der Waals surface area contributed by atoms with Gasteiger partial charge in [0.05, 0.1) is 18.9 Å². The number of hydrogen-bond acceptors (Lipinski definition) is 5. The van der Waals surface area contributed by atoms with E-state index in [1.165, 1.54) is 31.5 Å². The molecule has 0 saturated heterocycles. The van der Waals surface area contributed by atoms with E-state index in [4.69, 9.17) is 9.47 Å². The van der Waals surface area contributed by atoms with Crippen LogP contribution in [-0.2, 0) is 22.4 Å². The van der Waals surface area contributed by atoms with Gasteiger partial charge >= 0.3 is 18.0 Å². The summed E-state index contributed by atoms with van der Waals surface area (Å²) >= 11 is 0. The Morgan fingerprint density at radius 2 is 1.71 bits per heavy atom. The predicted octanol–water partition coefficient (Wildman–Crippen LogP) is 4.52. The SMILES string of the molecule is COc1cc(/C=N\NC(=O)C(=O)Nc2cccc(C(F)(F)F)c2)ccc1OCc1ccc(F)cc1. The van der Waals surface area contributed by atoms with E-state index in [0.717, 1.165) is 17.7 Å². The number of nitrogens with one attached hydrogen (secondary N) is 2. The Morgan fingerprint density at radius 3 is 2.40 bits per heavy atom. The van der Waals surface area contributed by atoms with Crippen LogP contribution in [0.3, 0.4) is 0 Å². The number of ether oxygens (including phenoxy) is 2. The average molecular weight is 489 g/mol. The summed E-state index contributed by atoms with van der Waals surface area (Å²) < 4.78 is 62.3. The predicted molar refractivity (Wildman–Crippen MR) is 120 cm³/mol. The van der Waals surface area contributed by atoms with Crippen LogP contribution in [-0.4, -0.2) is 25.1 Å². The van der Waals surface area contributed by atoms with Gasteiger partial charge in [0.2, 0.25) is 0 Å². The number of benzene rings is 3. The van der Waals surface area contributed by atoms with Gasteiger partial charge in [-0.2, -0.15) is 18.3 Å². The van der Waals surface area contributed by atoms with Crippen LogP contribution < -0.4 is 20.2 Å². The zero-order chi connectivity index (χ0) is 25.4. The second-order valence-electron chi connectivity index (χ2n) is 7.06. The van der Waals surface area contributed by atoms with Gasteiger partial charge in [0.1, 0.15) is 12.4 Å². The molecule has 0 radical (unpaired) electrons. The fourth-order valence-electron chi connectivity index (χ4n) is 2.80. The summed E-state index contributed by atoms with van der Waals surface area (Å²) in [7, 11) is 1.43. The van der Waals surface area contributed by atoms with Crippen molar-refractivity contribution in [2.45, 2.75) is 12.8 Å². The molecule has 0 aliphatic carbocycles. The topological polar surface area (TPSA) is 89.0 Å². The maximum absolute atomic E-state index is 13.0. The summed E-state index contributed by atoms with van der Waals surface area (Å²) in [5.74, 6) is -1.94. The van der Waals surface area contributed by atoms with Crippen molar-refractivity contribution in [2.24, 2.45) is 5.10 Å². The fraction of sp³-hybridized carbons (Fsp3) is 0.125. The monoisotopic (exact) mass is 489 g/mol. The molecule has 11 heteroatoms. The standard InChI is InChI=1S/C24H19F4N3O4/c1-34-21-11-16(7-10-20(21)35-14-15-5-8-18(25)9-6-15)13-29-31-23(33)22(32)30-19-4-2-3-17(12-19)24(26,27)28/h2-13H,14H2,1H3,(H,30,32)(H,31,33)/b29-13-. The first-order chi connectivity index (χ1) is 16.7. The minimum atomic E-state index is -4.59. The van der Waals surface area contributed by atoms with E-state index < -0.39 is 23.6 Å². The molecule has 7 nitrogen and oxygen atoms in total. The number of hydrazone groups is 1. The second-order valence-corrected chi connectivity index (χ2v) is 7.06. The van der Waals surface area contributed by atoms with Gasteiger partial charge in [0.25, 0.3) is 0 Å². The number of carbonyl (C=O) groups excluding carboxylic acids is 2. The van der Waals surface area contributed by atoms with Crippen LogP contribution >= 0.6 is 0 Å². The molecule has 0 aliphatic heterocycles. The number of carbonyl (C=O) groups is 2. The summed E-state index contributed by atoms with van der Waals surface area (Å²) in [4.78, 5) is 23.8. The van der Waals surface area contributed by atoms with Crippen molar-refractivity contribution in [1.29, 1.82) is 0 Å². The van der Waals surface area contributed by atoms with E-state index in [-0.39, 0.29) is 18.1 Å². The van der Waals surface area contributed by atoms with Crippen molar-refractivity contribution in [1.82, 2.24) is 5.43 Å². The van der Waals surface area contributed by atoms with Crippen molar-refractivity contribution in [3.05, 3.63) is 89.2 Å². The van der Waals surface area contributed by atoms with Crippen molar-refractivity contribution in [3.8, 4) is 11.5 Å². The summed E-state index contributed by atoms with van der Waals surface area (Å²) in [5, 5.41) is 5.75. The fourth-order valence-corrected chi connectivity index (χ4v) is 2.80. The highest BCUT2D eigenvalue weighted by Crippen LogP contribution is 2.31. The number of alkyl halides is 3. The highest BCUT2D eigenvalue weighted by atomic mass is 19.4. The van der Waals surface area contributed by atoms with Crippen LogP contribution in [0.25, 0.3) is 0 Å². The lowest BCUT2D eigenvalue weighted by atomic mass is 10.2. The lowest BCUT2D eigenvalue weighted by molar-refractivity contribution is -0.137. The molecule has 0 atom stereocenters. The molecular weight excluding hydrogens is 470 g/mol. The first-order valence-electron chi connectivity index (χ1n) is 10.0. The average Bonchev–Trinajstić information content (AvgIpc) is 2.83. The van der Waals surface area contributed by atoms with Crippen molar-refractivity contribution < 1.29 is 36.6 Å². The molecule has 2 amide bonds. The number of halogens is 4. The minimum absolute atomic E-state index is 0.182. The molecule has 3 aromatic carbocycles. The zero-order valence-electron chi connectivity index (χ0n) is 18.2. The highest BCUT2D eigenvalue weighted by molar-refractivity contribution is 6.39. The van der Waals surface area contributed by atoms with Gasteiger partial charge in [0.15, 0.2) is 11.5 Å². The number of anilines is 1. The van der Waals surface area contributed by atoms with E-state index in [1.807, 2.05) is 5.43 Å². The Balaban J connectivity index is 1.56. The van der Waals surface area contributed by atoms with Crippen LogP contribution in [0.5, 0.6) is 11.5 Å². The van der Waals surface area contributed by atoms with Gasteiger partial charge in [-0.3, -0.25) is 9.59 Å². The van der Waals surface area contributed by atoms with Crippen LogP contribution in [0.1, 0.15) is 16.7 Å². The van der Waals surface area contributed by atoms with Crippen molar-refractivity contribution in [3.63, 3.8) is 0 Å². The van der Waals surface area contributed by atoms with Gasteiger partial charge in [0, 0.05) is 5.69 Å². The lowest BCUT2D eigenvalue weighted by Crippen LogP contribution is -2.32. The van der Waals surface area contributed by atoms with Crippen LogP contribution in [0.4, 0.5) is 23.2 Å². The number of methoxy groups -OCH3 is 1. The smallest absolute Gasteiger partial charge is 0.416 e. The van der Waals surface area contributed by atoms with Crippen molar-refractivity contribution in [2.75, 3.05) is 12.4 Å². The minimum Gasteiger partial charge on any atom is -0.493 e. The largest absolute Gasteiger partial charge is 0.493 e. The summed E-state index contributed by atoms with van der Waals surface area (Å²) in [5.41, 5.74) is 2.09. The van der Waals surface area contributed by atoms with E-state index in [1.54, 1.807) is 30.3 Å². The van der Waals surface area contributed by atoms with Crippen LogP contribution in [0.2, 0.25) is 0 Å². The van der Waals surface area contributed by atoms with E-state index in [0.29, 0.717) is 23.1 Å².